The smallest absolute Gasteiger partial charge is 0.328 e. The first kappa shape index (κ1) is 16.0. The summed E-state index contributed by atoms with van der Waals surface area (Å²) >= 11 is 0. The van der Waals surface area contributed by atoms with Gasteiger partial charge in [-0.1, -0.05) is 13.8 Å². The number of aromatic amines is 1. The Morgan fingerprint density at radius 2 is 1.91 bits per heavy atom. The molecule has 0 saturated heterocycles. The van der Waals surface area contributed by atoms with E-state index >= 15 is 0 Å². The Balaban J connectivity index is 2.45. The maximum atomic E-state index is 12.2. The van der Waals surface area contributed by atoms with Crippen molar-refractivity contribution in [1.29, 1.82) is 0 Å². The predicted molar refractivity (Wildman–Crippen MR) is 86.3 cm³/mol. The van der Waals surface area contributed by atoms with Crippen LogP contribution in [-0.4, -0.2) is 21.5 Å². The zero-order valence-electron chi connectivity index (χ0n) is 13.1. The molecule has 2 N–H and O–H groups in total. The lowest BCUT2D eigenvalue weighted by Crippen LogP contribution is -2.35. The normalized spacial score (nSPS) is 11.1. The molecule has 22 heavy (non-hydrogen) atoms. The lowest BCUT2D eigenvalue weighted by atomic mass is 10.1. The second kappa shape index (κ2) is 6.60. The zero-order chi connectivity index (χ0) is 16.3. The molecule has 2 rings (SSSR count). The van der Waals surface area contributed by atoms with Crippen LogP contribution >= 0.6 is 0 Å². The van der Waals surface area contributed by atoms with Crippen molar-refractivity contribution in [3.63, 3.8) is 0 Å². The number of carbonyl (C=O) groups is 1. The number of aromatic nitrogens is 2. The number of H-pyrrole nitrogens is 1. The van der Waals surface area contributed by atoms with Crippen molar-refractivity contribution in [3.05, 3.63) is 44.6 Å². The minimum atomic E-state index is -0.461. The van der Waals surface area contributed by atoms with Crippen molar-refractivity contribution in [2.75, 3.05) is 0 Å². The summed E-state index contributed by atoms with van der Waals surface area (Å²) in [5.74, 6) is -0.198. The molecule has 6 heteroatoms. The molecule has 0 atom stereocenters. The molecule has 118 valence electrons. The van der Waals surface area contributed by atoms with E-state index in [2.05, 4.69) is 10.3 Å². The van der Waals surface area contributed by atoms with Gasteiger partial charge in [-0.2, -0.15) is 0 Å². The van der Waals surface area contributed by atoms with Crippen LogP contribution in [0.5, 0.6) is 0 Å². The third-order valence-electron chi connectivity index (χ3n) is 3.88. The average Bonchev–Trinajstić information content (AvgIpc) is 2.52. The number of hydrogen-bond donors (Lipinski definition) is 2. The molecule has 1 amide bonds. The van der Waals surface area contributed by atoms with Crippen molar-refractivity contribution in [2.24, 2.45) is 0 Å². The molecule has 0 aliphatic heterocycles. The van der Waals surface area contributed by atoms with Crippen molar-refractivity contribution in [1.82, 2.24) is 14.9 Å². The molecule has 0 aliphatic rings. The standard InChI is InChI=1S/C16H21N3O3/c1-4-11(5-2)17-14(20)10-7-8-12-13(9-10)18-16(22)19(6-3)15(12)21/h7-9,11H,4-6H2,1-3H3,(H,17,20)(H,18,22). The number of fused-ring (bicyclic) bond motifs is 1. The van der Waals surface area contributed by atoms with Crippen LogP contribution in [0.3, 0.4) is 0 Å². The van der Waals surface area contributed by atoms with Crippen LogP contribution in [0, 0.1) is 0 Å². The molecule has 0 radical (unpaired) electrons. The molecule has 1 heterocycles. The molecule has 2 aromatic rings. The molecule has 6 nitrogen and oxygen atoms in total. The highest BCUT2D eigenvalue weighted by atomic mass is 16.2. The second-order valence-corrected chi connectivity index (χ2v) is 5.23. The minimum absolute atomic E-state index is 0.121. The quantitative estimate of drug-likeness (QED) is 0.880. The maximum Gasteiger partial charge on any atom is 0.328 e. The molecular weight excluding hydrogens is 282 g/mol. The van der Waals surface area contributed by atoms with E-state index in [1.165, 1.54) is 0 Å². The first-order valence-corrected chi connectivity index (χ1v) is 7.59. The molecule has 0 aliphatic carbocycles. The van der Waals surface area contributed by atoms with Gasteiger partial charge >= 0.3 is 5.69 Å². The topological polar surface area (TPSA) is 84.0 Å². The highest BCUT2D eigenvalue weighted by Gasteiger charge is 2.13. The van der Waals surface area contributed by atoms with E-state index in [1.807, 2.05) is 13.8 Å². The van der Waals surface area contributed by atoms with Gasteiger partial charge in [-0.3, -0.25) is 14.2 Å². The van der Waals surface area contributed by atoms with Gasteiger partial charge in [0.15, 0.2) is 0 Å². The van der Waals surface area contributed by atoms with Crippen LogP contribution in [0.4, 0.5) is 0 Å². The van der Waals surface area contributed by atoms with Crippen molar-refractivity contribution < 1.29 is 4.79 Å². The van der Waals surface area contributed by atoms with Crippen molar-refractivity contribution >= 4 is 16.8 Å². The molecule has 0 fully saturated rings. The second-order valence-electron chi connectivity index (χ2n) is 5.23. The lowest BCUT2D eigenvalue weighted by Gasteiger charge is -2.14. The summed E-state index contributed by atoms with van der Waals surface area (Å²) in [5, 5.41) is 3.34. The summed E-state index contributed by atoms with van der Waals surface area (Å²) in [6, 6.07) is 4.87. The molecule has 1 aromatic heterocycles. The van der Waals surface area contributed by atoms with E-state index in [9.17, 15) is 14.4 Å². The van der Waals surface area contributed by atoms with Crippen LogP contribution in [0.2, 0.25) is 0 Å². The van der Waals surface area contributed by atoms with Crippen LogP contribution in [0.25, 0.3) is 10.9 Å². The number of benzene rings is 1. The Kier molecular flexibility index (Phi) is 4.80. The summed E-state index contributed by atoms with van der Waals surface area (Å²) in [5.41, 5.74) is 0.0198. The highest BCUT2D eigenvalue weighted by molar-refractivity contribution is 5.97. The fraction of sp³-hybridized carbons (Fsp3) is 0.438. The Hall–Kier alpha value is -2.37. The summed E-state index contributed by atoms with van der Waals surface area (Å²) in [7, 11) is 0. The van der Waals surface area contributed by atoms with E-state index in [4.69, 9.17) is 0 Å². The summed E-state index contributed by atoms with van der Waals surface area (Å²) in [4.78, 5) is 38.9. The van der Waals surface area contributed by atoms with Crippen LogP contribution in [0.1, 0.15) is 44.0 Å². The van der Waals surface area contributed by atoms with E-state index in [1.54, 1.807) is 25.1 Å². The Bertz CT molecular complexity index is 800. The lowest BCUT2D eigenvalue weighted by molar-refractivity contribution is 0.0935. The van der Waals surface area contributed by atoms with Gasteiger partial charge in [0.05, 0.1) is 10.9 Å². The molecule has 0 saturated carbocycles. The van der Waals surface area contributed by atoms with Crippen LogP contribution in [-0.2, 0) is 6.54 Å². The third-order valence-corrected chi connectivity index (χ3v) is 3.88. The molecule has 0 bridgehead atoms. The molecule has 1 aromatic carbocycles. The van der Waals surface area contributed by atoms with Gasteiger partial charge in [0.25, 0.3) is 11.5 Å². The first-order valence-electron chi connectivity index (χ1n) is 7.59. The fourth-order valence-electron chi connectivity index (χ4n) is 2.44. The summed E-state index contributed by atoms with van der Waals surface area (Å²) in [6.45, 7) is 6.07. The van der Waals surface area contributed by atoms with Gasteiger partial charge in [0, 0.05) is 18.2 Å². The van der Waals surface area contributed by atoms with E-state index in [0.717, 1.165) is 17.4 Å². The predicted octanol–water partition coefficient (Wildman–Crippen LogP) is 1.63. The Morgan fingerprint density at radius 3 is 2.50 bits per heavy atom. The zero-order valence-corrected chi connectivity index (χ0v) is 13.1. The summed E-state index contributed by atoms with van der Waals surface area (Å²) in [6.07, 6.45) is 1.71. The monoisotopic (exact) mass is 303 g/mol. The van der Waals surface area contributed by atoms with E-state index < -0.39 is 5.69 Å². The SMILES string of the molecule is CCC(CC)NC(=O)c1ccc2c(=O)n(CC)c(=O)[nH]c2c1. The number of carbonyl (C=O) groups excluding carboxylic acids is 1. The van der Waals surface area contributed by atoms with Crippen LogP contribution in [0.15, 0.2) is 27.8 Å². The maximum absolute atomic E-state index is 12.2. The summed E-state index contributed by atoms with van der Waals surface area (Å²) < 4.78 is 1.13. The van der Waals surface area contributed by atoms with Gasteiger partial charge in [-0.15, -0.1) is 0 Å². The van der Waals surface area contributed by atoms with Gasteiger partial charge in [0.1, 0.15) is 0 Å². The number of amides is 1. The van der Waals surface area contributed by atoms with Crippen LogP contribution < -0.4 is 16.6 Å². The first-order chi connectivity index (χ1) is 10.5. The van der Waals surface area contributed by atoms with Gasteiger partial charge in [0.2, 0.25) is 0 Å². The number of hydrogen-bond acceptors (Lipinski definition) is 3. The minimum Gasteiger partial charge on any atom is -0.349 e. The molecule has 0 unspecified atom stereocenters. The van der Waals surface area contributed by atoms with E-state index in [-0.39, 0.29) is 17.5 Å². The largest absolute Gasteiger partial charge is 0.349 e. The van der Waals surface area contributed by atoms with E-state index in [0.29, 0.717) is 23.0 Å². The fourth-order valence-corrected chi connectivity index (χ4v) is 2.44. The van der Waals surface area contributed by atoms with Crippen molar-refractivity contribution in [2.45, 2.75) is 46.2 Å². The number of rotatable bonds is 5. The average molecular weight is 303 g/mol. The van der Waals surface area contributed by atoms with Gasteiger partial charge < -0.3 is 10.3 Å². The Labute approximate surface area is 128 Å². The molecular formula is C16H21N3O3. The molecule has 0 spiro atoms. The number of nitrogens with zero attached hydrogens (tertiary/aromatic N) is 1. The van der Waals surface area contributed by atoms with Gasteiger partial charge in [-0.25, -0.2) is 4.79 Å². The Morgan fingerprint density at radius 1 is 1.23 bits per heavy atom. The third kappa shape index (κ3) is 2.95. The van der Waals surface area contributed by atoms with Gasteiger partial charge in [-0.05, 0) is 38.0 Å². The van der Waals surface area contributed by atoms with Crippen molar-refractivity contribution in [3.8, 4) is 0 Å². The highest BCUT2D eigenvalue weighted by Crippen LogP contribution is 2.10. The number of nitrogens with one attached hydrogen (secondary N) is 2.